The SMILES string of the molecule is CCCn1cc(Br)cc1C(=O)N(CC)CCOC. The van der Waals surface area contributed by atoms with Crippen molar-refractivity contribution in [1.29, 1.82) is 0 Å². The molecule has 1 rings (SSSR count). The number of rotatable bonds is 7. The van der Waals surface area contributed by atoms with Crippen LogP contribution in [-0.4, -0.2) is 42.2 Å². The second-order valence-electron chi connectivity index (χ2n) is 4.11. The van der Waals surface area contributed by atoms with E-state index in [4.69, 9.17) is 4.74 Å². The lowest BCUT2D eigenvalue weighted by Crippen LogP contribution is -2.35. The molecule has 0 atom stereocenters. The van der Waals surface area contributed by atoms with E-state index in [2.05, 4.69) is 22.9 Å². The molecular formula is C13H21BrN2O2. The lowest BCUT2D eigenvalue weighted by molar-refractivity contribution is 0.0695. The van der Waals surface area contributed by atoms with E-state index in [1.54, 1.807) is 12.0 Å². The zero-order valence-corrected chi connectivity index (χ0v) is 12.9. The highest BCUT2D eigenvalue weighted by Gasteiger charge is 2.18. The third-order valence-corrected chi connectivity index (χ3v) is 3.21. The van der Waals surface area contributed by atoms with Crippen molar-refractivity contribution in [2.75, 3.05) is 26.8 Å². The Kier molecular flexibility index (Phi) is 6.43. The summed E-state index contributed by atoms with van der Waals surface area (Å²) in [6.07, 6.45) is 2.96. The molecule has 1 heterocycles. The van der Waals surface area contributed by atoms with E-state index in [1.165, 1.54) is 0 Å². The Morgan fingerprint density at radius 3 is 2.78 bits per heavy atom. The van der Waals surface area contributed by atoms with Crippen molar-refractivity contribution in [3.63, 3.8) is 0 Å². The summed E-state index contributed by atoms with van der Waals surface area (Å²) in [5.74, 6) is 0.0636. The fourth-order valence-electron chi connectivity index (χ4n) is 1.85. The topological polar surface area (TPSA) is 34.5 Å². The van der Waals surface area contributed by atoms with Crippen LogP contribution in [0.5, 0.6) is 0 Å². The molecule has 0 saturated carbocycles. The van der Waals surface area contributed by atoms with Gasteiger partial charge in [-0.25, -0.2) is 0 Å². The monoisotopic (exact) mass is 316 g/mol. The smallest absolute Gasteiger partial charge is 0.270 e. The average molecular weight is 317 g/mol. The number of nitrogens with zero attached hydrogens (tertiary/aromatic N) is 2. The lowest BCUT2D eigenvalue weighted by atomic mass is 10.3. The second kappa shape index (κ2) is 7.59. The molecule has 1 aromatic heterocycles. The minimum Gasteiger partial charge on any atom is -0.383 e. The molecule has 0 N–H and O–H groups in total. The number of hydrogen-bond donors (Lipinski definition) is 0. The molecular weight excluding hydrogens is 296 g/mol. The molecule has 1 amide bonds. The number of halogens is 1. The van der Waals surface area contributed by atoms with Crippen molar-refractivity contribution in [1.82, 2.24) is 9.47 Å². The Morgan fingerprint density at radius 1 is 1.50 bits per heavy atom. The van der Waals surface area contributed by atoms with Gasteiger partial charge in [-0.3, -0.25) is 4.79 Å². The van der Waals surface area contributed by atoms with Crippen LogP contribution in [0.15, 0.2) is 16.7 Å². The average Bonchev–Trinajstić information content (AvgIpc) is 2.71. The molecule has 102 valence electrons. The molecule has 0 saturated heterocycles. The zero-order valence-electron chi connectivity index (χ0n) is 11.3. The van der Waals surface area contributed by atoms with Gasteiger partial charge in [-0.2, -0.15) is 0 Å². The van der Waals surface area contributed by atoms with Crippen molar-refractivity contribution >= 4 is 21.8 Å². The maximum atomic E-state index is 12.4. The summed E-state index contributed by atoms with van der Waals surface area (Å²) in [5, 5.41) is 0. The third-order valence-electron chi connectivity index (χ3n) is 2.78. The van der Waals surface area contributed by atoms with Gasteiger partial charge >= 0.3 is 0 Å². The quantitative estimate of drug-likeness (QED) is 0.775. The van der Waals surface area contributed by atoms with Crippen LogP contribution in [0, 0.1) is 0 Å². The van der Waals surface area contributed by atoms with E-state index < -0.39 is 0 Å². The molecule has 0 unspecified atom stereocenters. The summed E-state index contributed by atoms with van der Waals surface area (Å²) >= 11 is 3.43. The maximum absolute atomic E-state index is 12.4. The maximum Gasteiger partial charge on any atom is 0.270 e. The Balaban J connectivity index is 2.86. The van der Waals surface area contributed by atoms with E-state index in [1.807, 2.05) is 23.8 Å². The highest BCUT2D eigenvalue weighted by Crippen LogP contribution is 2.17. The first-order valence-electron chi connectivity index (χ1n) is 6.27. The summed E-state index contributed by atoms with van der Waals surface area (Å²) in [6.45, 7) is 6.82. The van der Waals surface area contributed by atoms with Crippen molar-refractivity contribution in [3.8, 4) is 0 Å². The van der Waals surface area contributed by atoms with Gasteiger partial charge in [0.1, 0.15) is 5.69 Å². The van der Waals surface area contributed by atoms with Gasteiger partial charge in [0.2, 0.25) is 0 Å². The first kappa shape index (κ1) is 15.2. The molecule has 4 nitrogen and oxygen atoms in total. The van der Waals surface area contributed by atoms with Gasteiger partial charge in [-0.15, -0.1) is 0 Å². The van der Waals surface area contributed by atoms with Crippen molar-refractivity contribution in [3.05, 3.63) is 22.4 Å². The highest BCUT2D eigenvalue weighted by atomic mass is 79.9. The summed E-state index contributed by atoms with van der Waals surface area (Å²) in [4.78, 5) is 14.2. The molecule has 0 aliphatic rings. The van der Waals surface area contributed by atoms with Gasteiger partial charge < -0.3 is 14.2 Å². The van der Waals surface area contributed by atoms with Gasteiger partial charge in [-0.1, -0.05) is 6.92 Å². The molecule has 0 aliphatic heterocycles. The van der Waals surface area contributed by atoms with Crippen molar-refractivity contribution < 1.29 is 9.53 Å². The second-order valence-corrected chi connectivity index (χ2v) is 5.03. The van der Waals surface area contributed by atoms with Crippen LogP contribution >= 0.6 is 15.9 Å². The Labute approximate surface area is 117 Å². The lowest BCUT2D eigenvalue weighted by Gasteiger charge is -2.21. The number of aryl methyl sites for hydroxylation is 1. The number of amides is 1. The third kappa shape index (κ3) is 3.85. The van der Waals surface area contributed by atoms with Crippen LogP contribution in [0.4, 0.5) is 0 Å². The molecule has 0 aromatic carbocycles. The Bertz CT molecular complexity index is 390. The normalized spacial score (nSPS) is 10.7. The van der Waals surface area contributed by atoms with Crippen molar-refractivity contribution in [2.24, 2.45) is 0 Å². The predicted octanol–water partition coefficient (Wildman–Crippen LogP) is 2.77. The van der Waals surface area contributed by atoms with E-state index in [0.29, 0.717) is 19.7 Å². The summed E-state index contributed by atoms with van der Waals surface area (Å²) in [6, 6.07) is 1.88. The zero-order chi connectivity index (χ0) is 13.5. The molecule has 1 aromatic rings. The number of aromatic nitrogens is 1. The largest absolute Gasteiger partial charge is 0.383 e. The fraction of sp³-hybridized carbons (Fsp3) is 0.615. The fourth-order valence-corrected chi connectivity index (χ4v) is 2.31. The molecule has 18 heavy (non-hydrogen) atoms. The molecule has 0 radical (unpaired) electrons. The van der Waals surface area contributed by atoms with Gasteiger partial charge in [0.15, 0.2) is 0 Å². The standard InChI is InChI=1S/C13H21BrN2O2/c1-4-6-16-10-11(14)9-12(16)13(17)15(5-2)7-8-18-3/h9-10H,4-8H2,1-3H3. The molecule has 0 fully saturated rings. The van der Waals surface area contributed by atoms with Gasteiger partial charge in [0, 0.05) is 37.4 Å². The number of likely N-dealkylation sites (N-methyl/N-ethyl adjacent to an activating group) is 1. The van der Waals surface area contributed by atoms with Crippen LogP contribution < -0.4 is 0 Å². The van der Waals surface area contributed by atoms with E-state index in [0.717, 1.165) is 23.1 Å². The summed E-state index contributed by atoms with van der Waals surface area (Å²) < 4.78 is 7.98. The predicted molar refractivity (Wildman–Crippen MR) is 75.9 cm³/mol. The number of hydrogen-bond acceptors (Lipinski definition) is 2. The number of ether oxygens (including phenoxy) is 1. The molecule has 5 heteroatoms. The van der Waals surface area contributed by atoms with Crippen molar-refractivity contribution in [2.45, 2.75) is 26.8 Å². The van der Waals surface area contributed by atoms with Gasteiger partial charge in [0.05, 0.1) is 6.61 Å². The van der Waals surface area contributed by atoms with E-state index >= 15 is 0 Å². The first-order chi connectivity index (χ1) is 8.63. The van der Waals surface area contributed by atoms with Crippen LogP contribution in [0.1, 0.15) is 30.8 Å². The molecule has 0 aliphatic carbocycles. The summed E-state index contributed by atoms with van der Waals surface area (Å²) in [7, 11) is 1.65. The van der Waals surface area contributed by atoms with Gasteiger partial charge in [-0.05, 0) is 35.3 Å². The van der Waals surface area contributed by atoms with Crippen LogP contribution in [-0.2, 0) is 11.3 Å². The Morgan fingerprint density at radius 2 is 2.22 bits per heavy atom. The number of methoxy groups -OCH3 is 1. The van der Waals surface area contributed by atoms with Crippen LogP contribution in [0.3, 0.4) is 0 Å². The molecule has 0 spiro atoms. The van der Waals surface area contributed by atoms with Crippen LogP contribution in [0.2, 0.25) is 0 Å². The summed E-state index contributed by atoms with van der Waals surface area (Å²) in [5.41, 5.74) is 0.738. The minimum absolute atomic E-state index is 0.0636. The highest BCUT2D eigenvalue weighted by molar-refractivity contribution is 9.10. The molecule has 0 bridgehead atoms. The number of carbonyl (C=O) groups excluding carboxylic acids is 1. The minimum atomic E-state index is 0.0636. The van der Waals surface area contributed by atoms with Crippen LogP contribution in [0.25, 0.3) is 0 Å². The number of carbonyl (C=O) groups is 1. The van der Waals surface area contributed by atoms with Gasteiger partial charge in [0.25, 0.3) is 5.91 Å². The van der Waals surface area contributed by atoms with E-state index in [-0.39, 0.29) is 5.91 Å². The first-order valence-corrected chi connectivity index (χ1v) is 7.07. The Hall–Kier alpha value is -0.810. The van der Waals surface area contributed by atoms with E-state index in [9.17, 15) is 4.79 Å².